The zero-order valence-corrected chi connectivity index (χ0v) is 17.1. The minimum atomic E-state index is -3.60. The Morgan fingerprint density at radius 2 is 1.83 bits per heavy atom. The highest BCUT2D eigenvalue weighted by Gasteiger charge is 2.28. The number of rotatable bonds is 7. The van der Waals surface area contributed by atoms with Gasteiger partial charge in [-0.05, 0) is 31.2 Å². The van der Waals surface area contributed by atoms with Crippen LogP contribution in [0.2, 0.25) is 5.02 Å². The molecule has 1 aromatic rings. The molecule has 0 aliphatic rings. The van der Waals surface area contributed by atoms with Crippen molar-refractivity contribution in [3.8, 4) is 0 Å². The second kappa shape index (κ2) is 8.45. The van der Waals surface area contributed by atoms with E-state index in [9.17, 15) is 13.2 Å². The maximum absolute atomic E-state index is 12.3. The number of nitrogens with one attached hydrogen (secondary N) is 1. The van der Waals surface area contributed by atoms with Crippen LogP contribution in [0, 0.1) is 0 Å². The molecular formula is C16H25ClN2O3S2. The first-order valence-electron chi connectivity index (χ1n) is 7.58. The summed E-state index contributed by atoms with van der Waals surface area (Å²) < 4.78 is 25.5. The van der Waals surface area contributed by atoms with E-state index in [4.69, 9.17) is 11.6 Å². The number of carbonyl (C=O) groups is 1. The van der Waals surface area contributed by atoms with Gasteiger partial charge < -0.3 is 5.32 Å². The lowest BCUT2D eigenvalue weighted by molar-refractivity contribution is -0.121. The first kappa shape index (κ1) is 21.1. The van der Waals surface area contributed by atoms with E-state index in [1.54, 1.807) is 43.0 Å². The Morgan fingerprint density at radius 3 is 2.29 bits per heavy atom. The first-order chi connectivity index (χ1) is 10.9. The minimum Gasteiger partial charge on any atom is -0.353 e. The highest BCUT2D eigenvalue weighted by atomic mass is 35.5. The molecule has 0 aliphatic heterocycles. The van der Waals surface area contributed by atoms with E-state index in [1.165, 1.54) is 0 Å². The first-order valence-corrected chi connectivity index (χ1v) is 10.8. The summed E-state index contributed by atoms with van der Waals surface area (Å²) in [6.45, 7) is 8.38. The summed E-state index contributed by atoms with van der Waals surface area (Å²) in [4.78, 5) is 12.3. The van der Waals surface area contributed by atoms with E-state index in [0.717, 1.165) is 16.3 Å². The van der Waals surface area contributed by atoms with Gasteiger partial charge >= 0.3 is 0 Å². The fourth-order valence-electron chi connectivity index (χ4n) is 2.08. The third-order valence-electron chi connectivity index (χ3n) is 3.11. The third kappa shape index (κ3) is 6.91. The summed E-state index contributed by atoms with van der Waals surface area (Å²) in [7, 11) is -3.60. The van der Waals surface area contributed by atoms with Gasteiger partial charge in [-0.3, -0.25) is 9.10 Å². The lowest BCUT2D eigenvalue weighted by Gasteiger charge is -2.28. The van der Waals surface area contributed by atoms with Crippen LogP contribution in [0.25, 0.3) is 0 Å². The number of nitrogens with zero attached hydrogens (tertiary/aromatic N) is 1. The fourth-order valence-corrected chi connectivity index (χ4v) is 4.19. The van der Waals surface area contributed by atoms with Crippen molar-refractivity contribution in [2.75, 3.05) is 22.9 Å². The van der Waals surface area contributed by atoms with Crippen molar-refractivity contribution in [2.45, 2.75) is 38.5 Å². The molecule has 1 amide bonds. The summed E-state index contributed by atoms with van der Waals surface area (Å²) in [6, 6.07) is 5.52. The molecule has 1 rings (SSSR count). The largest absolute Gasteiger partial charge is 0.353 e. The number of hydrogen-bond donors (Lipinski definition) is 1. The highest BCUT2D eigenvalue weighted by molar-refractivity contribution is 8.00. The molecule has 1 aromatic carbocycles. The molecule has 1 N–H and O–H groups in total. The van der Waals surface area contributed by atoms with Crippen LogP contribution < -0.4 is 9.62 Å². The predicted molar refractivity (Wildman–Crippen MR) is 103 cm³/mol. The number of sulfonamides is 1. The molecule has 24 heavy (non-hydrogen) atoms. The number of hydrogen-bond acceptors (Lipinski definition) is 4. The van der Waals surface area contributed by atoms with Gasteiger partial charge in [0.05, 0.1) is 11.9 Å². The van der Waals surface area contributed by atoms with E-state index < -0.39 is 16.1 Å². The summed E-state index contributed by atoms with van der Waals surface area (Å²) >= 11 is 7.58. The van der Waals surface area contributed by atoms with Crippen LogP contribution in [0.3, 0.4) is 0 Å². The van der Waals surface area contributed by atoms with Crippen LogP contribution in [0.4, 0.5) is 5.69 Å². The number of carbonyl (C=O) groups excluding carboxylic acids is 1. The van der Waals surface area contributed by atoms with Gasteiger partial charge in [0.15, 0.2) is 0 Å². The van der Waals surface area contributed by atoms with Crippen LogP contribution in [0.15, 0.2) is 24.3 Å². The molecule has 0 unspecified atom stereocenters. The molecule has 0 heterocycles. The van der Waals surface area contributed by atoms with Crippen molar-refractivity contribution >= 4 is 45.0 Å². The van der Waals surface area contributed by atoms with Gasteiger partial charge in [-0.1, -0.05) is 32.4 Å². The minimum absolute atomic E-state index is 0.123. The average molecular weight is 393 g/mol. The summed E-state index contributed by atoms with van der Waals surface area (Å²) in [5.74, 6) is 0.437. The van der Waals surface area contributed by atoms with E-state index in [1.807, 2.05) is 0 Å². The SMILES string of the molecule is C[C@H](C(=O)NCCSC(C)(C)C)N(c1ccc(Cl)cc1)S(C)(=O)=O. The van der Waals surface area contributed by atoms with E-state index >= 15 is 0 Å². The Morgan fingerprint density at radius 1 is 1.29 bits per heavy atom. The third-order valence-corrected chi connectivity index (χ3v) is 5.87. The van der Waals surface area contributed by atoms with Crippen molar-refractivity contribution in [1.82, 2.24) is 5.32 Å². The van der Waals surface area contributed by atoms with E-state index in [0.29, 0.717) is 17.3 Å². The van der Waals surface area contributed by atoms with Gasteiger partial charge in [0.25, 0.3) is 0 Å². The van der Waals surface area contributed by atoms with Crippen LogP contribution in [0.1, 0.15) is 27.7 Å². The Labute approximate surface area is 154 Å². The molecule has 0 aliphatic carbocycles. The van der Waals surface area contributed by atoms with Gasteiger partial charge in [0, 0.05) is 22.1 Å². The molecule has 0 radical (unpaired) electrons. The van der Waals surface area contributed by atoms with Crippen molar-refractivity contribution in [3.63, 3.8) is 0 Å². The molecule has 0 saturated heterocycles. The van der Waals surface area contributed by atoms with Gasteiger partial charge in [0.1, 0.15) is 6.04 Å². The van der Waals surface area contributed by atoms with Crippen LogP contribution >= 0.6 is 23.4 Å². The van der Waals surface area contributed by atoms with Crippen molar-refractivity contribution in [2.24, 2.45) is 0 Å². The highest BCUT2D eigenvalue weighted by Crippen LogP contribution is 2.24. The molecule has 0 bridgehead atoms. The second-order valence-electron chi connectivity index (χ2n) is 6.46. The Hall–Kier alpha value is -0.920. The van der Waals surface area contributed by atoms with Crippen LogP contribution in [-0.2, 0) is 14.8 Å². The number of anilines is 1. The smallest absolute Gasteiger partial charge is 0.243 e. The average Bonchev–Trinajstić information content (AvgIpc) is 2.43. The normalized spacial score (nSPS) is 13.4. The van der Waals surface area contributed by atoms with E-state index in [-0.39, 0.29) is 10.7 Å². The number of amides is 1. The molecular weight excluding hydrogens is 368 g/mol. The van der Waals surface area contributed by atoms with Crippen molar-refractivity contribution < 1.29 is 13.2 Å². The molecule has 0 spiro atoms. The zero-order valence-electron chi connectivity index (χ0n) is 14.7. The Balaban J connectivity index is 2.80. The molecule has 8 heteroatoms. The molecule has 136 valence electrons. The van der Waals surface area contributed by atoms with E-state index in [2.05, 4.69) is 26.1 Å². The van der Waals surface area contributed by atoms with Crippen LogP contribution in [0.5, 0.6) is 0 Å². The molecule has 0 fully saturated rings. The lowest BCUT2D eigenvalue weighted by Crippen LogP contribution is -2.48. The summed E-state index contributed by atoms with van der Waals surface area (Å²) in [5.41, 5.74) is 0.411. The molecule has 1 atom stereocenters. The maximum Gasteiger partial charge on any atom is 0.243 e. The topological polar surface area (TPSA) is 66.5 Å². The fraction of sp³-hybridized carbons (Fsp3) is 0.562. The van der Waals surface area contributed by atoms with Gasteiger partial charge in [-0.25, -0.2) is 8.42 Å². The number of thioether (sulfide) groups is 1. The quantitative estimate of drug-likeness (QED) is 0.724. The maximum atomic E-state index is 12.3. The monoisotopic (exact) mass is 392 g/mol. The van der Waals surface area contributed by atoms with Gasteiger partial charge in [-0.15, -0.1) is 0 Å². The van der Waals surface area contributed by atoms with Gasteiger partial charge in [-0.2, -0.15) is 11.8 Å². The molecule has 5 nitrogen and oxygen atoms in total. The van der Waals surface area contributed by atoms with Crippen LogP contribution in [-0.4, -0.2) is 43.7 Å². The molecule has 0 aromatic heterocycles. The number of halogens is 1. The second-order valence-corrected chi connectivity index (χ2v) is 10.7. The Bertz CT molecular complexity index is 655. The Kier molecular flexibility index (Phi) is 7.44. The number of benzene rings is 1. The standard InChI is InChI=1S/C16H25ClN2O3S2/c1-12(15(20)18-10-11-23-16(2,3)4)19(24(5,21)22)14-8-6-13(17)7-9-14/h6-9,12H,10-11H2,1-5H3,(H,18,20)/t12-/m1/s1. The molecule has 0 saturated carbocycles. The summed E-state index contributed by atoms with van der Waals surface area (Å²) in [6.07, 6.45) is 1.08. The predicted octanol–water partition coefficient (Wildman–Crippen LogP) is 3.14. The van der Waals surface area contributed by atoms with Crippen molar-refractivity contribution in [3.05, 3.63) is 29.3 Å². The van der Waals surface area contributed by atoms with Gasteiger partial charge in [0.2, 0.25) is 15.9 Å². The zero-order chi connectivity index (χ0) is 18.5. The lowest BCUT2D eigenvalue weighted by atomic mass is 10.2. The summed E-state index contributed by atoms with van der Waals surface area (Å²) in [5, 5.41) is 3.30. The van der Waals surface area contributed by atoms with Crippen molar-refractivity contribution in [1.29, 1.82) is 0 Å².